The molecule has 0 unspecified atom stereocenters. The predicted octanol–water partition coefficient (Wildman–Crippen LogP) is 5.41. The molecule has 0 bridgehead atoms. The highest BCUT2D eigenvalue weighted by Gasteiger charge is 2.33. The number of furan rings is 1. The maximum atomic E-state index is 6.43. The van der Waals surface area contributed by atoms with Gasteiger partial charge in [0.15, 0.2) is 0 Å². The highest BCUT2D eigenvalue weighted by Crippen LogP contribution is 2.41. The lowest BCUT2D eigenvalue weighted by Gasteiger charge is -2.32. The normalized spacial score (nSPS) is 15.4. The first kappa shape index (κ1) is 18.7. The van der Waals surface area contributed by atoms with Crippen molar-refractivity contribution in [1.29, 1.82) is 0 Å². The molecule has 2 aromatic heterocycles. The maximum absolute atomic E-state index is 6.43. The van der Waals surface area contributed by atoms with Gasteiger partial charge in [-0.15, -0.1) is 0 Å². The zero-order valence-corrected chi connectivity index (χ0v) is 18.2. The second-order valence-electron chi connectivity index (χ2n) is 9.58. The summed E-state index contributed by atoms with van der Waals surface area (Å²) in [6, 6.07) is 23.7. The van der Waals surface area contributed by atoms with Crippen molar-refractivity contribution in [3.05, 3.63) is 78.5 Å². The summed E-state index contributed by atoms with van der Waals surface area (Å²) in [4.78, 5) is 4.77. The van der Waals surface area contributed by atoms with Gasteiger partial charge in [0, 0.05) is 22.5 Å². The SMILES string of the molecule is BC(B)(c1ccnc(-c2cccc3c2oc2ccc4ccccc4c23)c1)C1CCCC1. The molecule has 0 saturated heterocycles. The van der Waals surface area contributed by atoms with Gasteiger partial charge in [-0.3, -0.25) is 4.98 Å². The van der Waals surface area contributed by atoms with Crippen molar-refractivity contribution < 1.29 is 4.42 Å². The fourth-order valence-electron chi connectivity index (χ4n) is 5.63. The Balaban J connectivity index is 1.55. The predicted molar refractivity (Wildman–Crippen MR) is 135 cm³/mol. The molecule has 2 heterocycles. The molecule has 1 fully saturated rings. The molecule has 0 aliphatic heterocycles. The Kier molecular flexibility index (Phi) is 4.24. The van der Waals surface area contributed by atoms with Crippen molar-refractivity contribution in [3.8, 4) is 11.3 Å². The summed E-state index contributed by atoms with van der Waals surface area (Å²) in [6.45, 7) is 0. The number of aromatic nitrogens is 1. The highest BCUT2D eigenvalue weighted by atomic mass is 16.3. The van der Waals surface area contributed by atoms with Crippen molar-refractivity contribution in [2.45, 2.75) is 30.9 Å². The van der Waals surface area contributed by atoms with Crippen LogP contribution in [-0.4, -0.2) is 20.7 Å². The topological polar surface area (TPSA) is 26.0 Å². The quantitative estimate of drug-likeness (QED) is 0.378. The molecule has 0 amide bonds. The third-order valence-corrected chi connectivity index (χ3v) is 7.54. The number of fused-ring (bicyclic) bond motifs is 5. The van der Waals surface area contributed by atoms with E-state index in [0.717, 1.165) is 33.7 Å². The average molecular weight is 401 g/mol. The van der Waals surface area contributed by atoms with Gasteiger partial charge in [0.1, 0.15) is 26.9 Å². The average Bonchev–Trinajstić information content (AvgIpc) is 3.47. The Morgan fingerprint density at radius 3 is 2.55 bits per heavy atom. The molecule has 1 aliphatic carbocycles. The van der Waals surface area contributed by atoms with Crippen LogP contribution in [0.25, 0.3) is 44.0 Å². The van der Waals surface area contributed by atoms with Crippen LogP contribution in [0, 0.1) is 5.92 Å². The number of benzene rings is 3. The van der Waals surface area contributed by atoms with Crippen LogP contribution in [0.5, 0.6) is 0 Å². The second-order valence-corrected chi connectivity index (χ2v) is 9.58. The molecule has 3 aromatic carbocycles. The molecule has 1 aliphatic rings. The van der Waals surface area contributed by atoms with E-state index in [1.807, 2.05) is 6.20 Å². The zero-order chi connectivity index (χ0) is 21.0. The molecule has 0 radical (unpaired) electrons. The lowest BCUT2D eigenvalue weighted by atomic mass is 9.45. The van der Waals surface area contributed by atoms with Gasteiger partial charge in [-0.2, -0.15) is 0 Å². The third-order valence-electron chi connectivity index (χ3n) is 7.54. The minimum Gasteiger partial charge on any atom is -0.455 e. The van der Waals surface area contributed by atoms with Gasteiger partial charge in [0.05, 0.1) is 5.69 Å². The third kappa shape index (κ3) is 2.92. The van der Waals surface area contributed by atoms with E-state index in [1.165, 1.54) is 47.4 Å². The number of nitrogens with zero attached hydrogens (tertiary/aromatic N) is 1. The van der Waals surface area contributed by atoms with Gasteiger partial charge in [0.2, 0.25) is 0 Å². The van der Waals surface area contributed by atoms with E-state index in [9.17, 15) is 0 Å². The van der Waals surface area contributed by atoms with Crippen LogP contribution in [-0.2, 0) is 5.21 Å². The van der Waals surface area contributed by atoms with E-state index < -0.39 is 0 Å². The molecule has 0 spiro atoms. The number of rotatable bonds is 3. The number of hydrogen-bond acceptors (Lipinski definition) is 2. The Hall–Kier alpha value is -3.00. The minimum atomic E-state index is 0.159. The summed E-state index contributed by atoms with van der Waals surface area (Å²) < 4.78 is 6.43. The summed E-state index contributed by atoms with van der Waals surface area (Å²) in [5.41, 5.74) is 5.31. The molecule has 31 heavy (non-hydrogen) atoms. The summed E-state index contributed by atoms with van der Waals surface area (Å²) in [5.74, 6) is 0.746. The smallest absolute Gasteiger partial charge is 0.144 e. The van der Waals surface area contributed by atoms with Gasteiger partial charge in [0.25, 0.3) is 0 Å². The van der Waals surface area contributed by atoms with Crippen molar-refractivity contribution >= 4 is 48.4 Å². The molecular weight excluding hydrogens is 376 g/mol. The summed E-state index contributed by atoms with van der Waals surface area (Å²) >= 11 is 0. The fourth-order valence-corrected chi connectivity index (χ4v) is 5.63. The van der Waals surface area contributed by atoms with Crippen molar-refractivity contribution in [2.24, 2.45) is 5.92 Å². The van der Waals surface area contributed by atoms with Crippen LogP contribution < -0.4 is 0 Å². The number of para-hydroxylation sites is 1. The van der Waals surface area contributed by atoms with Crippen molar-refractivity contribution in [3.63, 3.8) is 0 Å². The molecule has 150 valence electrons. The molecule has 4 heteroatoms. The van der Waals surface area contributed by atoms with Crippen LogP contribution in [0.2, 0.25) is 0 Å². The minimum absolute atomic E-state index is 0.159. The molecule has 0 N–H and O–H groups in total. The second kappa shape index (κ2) is 7.02. The lowest BCUT2D eigenvalue weighted by Crippen LogP contribution is -2.35. The van der Waals surface area contributed by atoms with Crippen molar-refractivity contribution in [2.75, 3.05) is 0 Å². The van der Waals surface area contributed by atoms with Gasteiger partial charge >= 0.3 is 0 Å². The summed E-state index contributed by atoms with van der Waals surface area (Å²) in [6.07, 6.45) is 7.35. The van der Waals surface area contributed by atoms with Gasteiger partial charge in [-0.25, -0.2) is 0 Å². The Morgan fingerprint density at radius 2 is 1.68 bits per heavy atom. The highest BCUT2D eigenvalue weighted by molar-refractivity contribution is 6.40. The summed E-state index contributed by atoms with van der Waals surface area (Å²) in [5, 5.41) is 4.98. The standard InChI is InChI=1S/C27H25B2NO/c28-27(29,18-7-2-3-8-18)19-14-15-30-23(16-19)21-10-5-11-22-25-20-9-4-1-6-17(20)12-13-24(25)31-26(21)22/h1,4-6,9-16,18H,2-3,7-8,28-29H2. The Bertz CT molecular complexity index is 1430. The van der Waals surface area contributed by atoms with E-state index in [4.69, 9.17) is 9.40 Å². The van der Waals surface area contributed by atoms with Crippen LogP contribution in [0.3, 0.4) is 0 Å². The fraction of sp³-hybridized carbons (Fsp3) is 0.222. The van der Waals surface area contributed by atoms with Crippen LogP contribution in [0.15, 0.2) is 77.3 Å². The largest absolute Gasteiger partial charge is 0.455 e. The van der Waals surface area contributed by atoms with E-state index in [2.05, 4.69) is 82.4 Å². The number of pyridine rings is 1. The van der Waals surface area contributed by atoms with Crippen LogP contribution >= 0.6 is 0 Å². The van der Waals surface area contributed by atoms with Crippen LogP contribution in [0.1, 0.15) is 31.2 Å². The molecule has 6 rings (SSSR count). The van der Waals surface area contributed by atoms with E-state index >= 15 is 0 Å². The van der Waals surface area contributed by atoms with Crippen molar-refractivity contribution in [1.82, 2.24) is 4.98 Å². The lowest BCUT2D eigenvalue weighted by molar-refractivity contribution is 0.486. The van der Waals surface area contributed by atoms with Crippen LogP contribution in [0.4, 0.5) is 0 Å². The van der Waals surface area contributed by atoms with E-state index in [1.54, 1.807) is 0 Å². The monoisotopic (exact) mass is 401 g/mol. The van der Waals surface area contributed by atoms with Gasteiger partial charge < -0.3 is 4.42 Å². The molecule has 2 nitrogen and oxygen atoms in total. The van der Waals surface area contributed by atoms with E-state index in [-0.39, 0.29) is 5.21 Å². The van der Waals surface area contributed by atoms with Gasteiger partial charge in [-0.1, -0.05) is 78.9 Å². The first-order chi connectivity index (χ1) is 15.1. The first-order valence-corrected chi connectivity index (χ1v) is 11.4. The molecule has 1 saturated carbocycles. The molecule has 5 aromatic rings. The molecular formula is C27H25B2NO. The van der Waals surface area contributed by atoms with E-state index in [0.29, 0.717) is 0 Å². The maximum Gasteiger partial charge on any atom is 0.144 e. The Labute approximate surface area is 184 Å². The first-order valence-electron chi connectivity index (χ1n) is 11.4. The van der Waals surface area contributed by atoms with Gasteiger partial charge in [-0.05, 0) is 41.0 Å². The summed E-state index contributed by atoms with van der Waals surface area (Å²) in [7, 11) is 4.80. The Morgan fingerprint density at radius 1 is 0.871 bits per heavy atom. The number of hydrogen-bond donors (Lipinski definition) is 0. The zero-order valence-electron chi connectivity index (χ0n) is 18.2. The molecule has 0 atom stereocenters.